The summed E-state index contributed by atoms with van der Waals surface area (Å²) in [4.78, 5) is 30.7. The second-order valence-electron chi connectivity index (χ2n) is 2.88. The predicted octanol–water partition coefficient (Wildman–Crippen LogP) is 0.581. The standard InChI is InChI=1S/C8H9Cl2N3O3S/c1-16-13-6(7(10)15)4-3-17-8(11-4)12-5(14)2-9/h4H,2-3H2,1H3,(H,11,12,14)/b13-6-. The number of halogens is 2. The Morgan fingerprint density at radius 1 is 1.71 bits per heavy atom. The van der Waals surface area contributed by atoms with Gasteiger partial charge in [-0.05, 0) is 11.6 Å². The van der Waals surface area contributed by atoms with E-state index in [4.69, 9.17) is 23.2 Å². The van der Waals surface area contributed by atoms with Crippen LogP contribution >= 0.6 is 35.0 Å². The maximum absolute atomic E-state index is 11.1. The highest BCUT2D eigenvalue weighted by atomic mass is 35.5. The number of aliphatic imine (C=N–C) groups is 1. The maximum atomic E-state index is 11.1. The van der Waals surface area contributed by atoms with Crippen LogP contribution < -0.4 is 5.32 Å². The quantitative estimate of drug-likeness (QED) is 0.356. The van der Waals surface area contributed by atoms with Gasteiger partial charge in [0.1, 0.15) is 19.0 Å². The normalized spacial score (nSPS) is 19.8. The molecule has 0 radical (unpaired) electrons. The minimum absolute atomic E-state index is 0.0109. The summed E-state index contributed by atoms with van der Waals surface area (Å²) in [5.74, 6) is -0.0583. The van der Waals surface area contributed by atoms with Crippen LogP contribution in [-0.2, 0) is 14.4 Å². The molecule has 1 rings (SSSR count). The van der Waals surface area contributed by atoms with Gasteiger partial charge in [0, 0.05) is 5.75 Å². The molecule has 6 nitrogen and oxygen atoms in total. The van der Waals surface area contributed by atoms with Gasteiger partial charge < -0.3 is 10.2 Å². The number of alkyl halides is 1. The zero-order valence-electron chi connectivity index (χ0n) is 8.77. The van der Waals surface area contributed by atoms with Crippen molar-refractivity contribution in [3.05, 3.63) is 0 Å². The monoisotopic (exact) mass is 297 g/mol. The van der Waals surface area contributed by atoms with Crippen molar-refractivity contribution >= 4 is 57.0 Å². The Bertz CT molecular complexity index is 386. The summed E-state index contributed by atoms with van der Waals surface area (Å²) in [5, 5.41) is 5.66. The molecule has 1 aliphatic heterocycles. The number of amidine groups is 1. The van der Waals surface area contributed by atoms with Crippen LogP contribution in [-0.4, -0.2) is 46.8 Å². The summed E-state index contributed by atoms with van der Waals surface area (Å²) in [6.45, 7) is 0. The van der Waals surface area contributed by atoms with E-state index >= 15 is 0 Å². The second-order valence-corrected chi connectivity index (χ2v) is 4.49. The van der Waals surface area contributed by atoms with Crippen LogP contribution in [0.2, 0.25) is 0 Å². The number of nitrogens with one attached hydrogen (secondary N) is 1. The molecule has 0 bridgehead atoms. The molecule has 9 heteroatoms. The fourth-order valence-electron chi connectivity index (χ4n) is 1.06. The van der Waals surface area contributed by atoms with Gasteiger partial charge in [-0.1, -0.05) is 16.9 Å². The first-order valence-electron chi connectivity index (χ1n) is 4.45. The van der Waals surface area contributed by atoms with Gasteiger partial charge in [0.25, 0.3) is 5.24 Å². The topological polar surface area (TPSA) is 80.1 Å². The van der Waals surface area contributed by atoms with Gasteiger partial charge in [-0.2, -0.15) is 0 Å². The molecular weight excluding hydrogens is 289 g/mol. The van der Waals surface area contributed by atoms with E-state index in [1.807, 2.05) is 0 Å². The number of nitrogens with zero attached hydrogens (tertiary/aromatic N) is 2. The Hall–Kier alpha value is -0.790. The van der Waals surface area contributed by atoms with Crippen molar-refractivity contribution in [1.29, 1.82) is 0 Å². The summed E-state index contributed by atoms with van der Waals surface area (Å²) in [5.41, 5.74) is 0.0109. The van der Waals surface area contributed by atoms with Gasteiger partial charge in [0.2, 0.25) is 5.91 Å². The first-order chi connectivity index (χ1) is 8.08. The van der Waals surface area contributed by atoms with Crippen LogP contribution in [0.4, 0.5) is 0 Å². The first-order valence-corrected chi connectivity index (χ1v) is 6.35. The number of thioether (sulfide) groups is 1. The smallest absolute Gasteiger partial charge is 0.272 e. The average molecular weight is 298 g/mol. The van der Waals surface area contributed by atoms with Crippen LogP contribution in [0, 0.1) is 0 Å². The van der Waals surface area contributed by atoms with Crippen molar-refractivity contribution in [2.24, 2.45) is 10.1 Å². The predicted molar refractivity (Wildman–Crippen MR) is 67.8 cm³/mol. The van der Waals surface area contributed by atoms with E-state index in [0.29, 0.717) is 10.9 Å². The number of amides is 1. The van der Waals surface area contributed by atoms with Crippen molar-refractivity contribution in [3.8, 4) is 0 Å². The van der Waals surface area contributed by atoms with E-state index in [9.17, 15) is 9.59 Å². The van der Waals surface area contributed by atoms with Gasteiger partial charge in [-0.3, -0.25) is 14.6 Å². The molecule has 1 amide bonds. The molecule has 1 unspecified atom stereocenters. The summed E-state index contributed by atoms with van der Waals surface area (Å²) >= 11 is 12.0. The lowest BCUT2D eigenvalue weighted by molar-refractivity contribution is -0.117. The van der Waals surface area contributed by atoms with E-state index in [1.165, 1.54) is 18.9 Å². The van der Waals surface area contributed by atoms with E-state index in [1.54, 1.807) is 0 Å². The molecule has 1 aliphatic rings. The lowest BCUT2D eigenvalue weighted by Gasteiger charge is -2.03. The first kappa shape index (κ1) is 14.3. The SMILES string of the molecule is CO/N=C(\C(=O)Cl)C1CSC(NC(=O)CCl)=N1. The molecule has 0 spiro atoms. The Morgan fingerprint density at radius 3 is 2.94 bits per heavy atom. The fourth-order valence-corrected chi connectivity index (χ4v) is 2.22. The Morgan fingerprint density at radius 2 is 2.41 bits per heavy atom. The lowest BCUT2D eigenvalue weighted by Crippen LogP contribution is -2.29. The number of carbonyl (C=O) groups is 2. The highest BCUT2D eigenvalue weighted by Gasteiger charge is 2.28. The zero-order chi connectivity index (χ0) is 12.8. The molecule has 0 aromatic rings. The highest BCUT2D eigenvalue weighted by Crippen LogP contribution is 2.18. The third-order valence-electron chi connectivity index (χ3n) is 1.73. The summed E-state index contributed by atoms with van der Waals surface area (Å²) < 4.78 is 0. The van der Waals surface area contributed by atoms with Gasteiger partial charge >= 0.3 is 0 Å². The Labute approximate surface area is 112 Å². The molecule has 0 aromatic heterocycles. The fraction of sp³-hybridized carbons (Fsp3) is 0.500. The van der Waals surface area contributed by atoms with Crippen molar-refractivity contribution in [1.82, 2.24) is 5.32 Å². The van der Waals surface area contributed by atoms with Crippen LogP contribution in [0.25, 0.3) is 0 Å². The van der Waals surface area contributed by atoms with E-state index in [0.717, 1.165) is 0 Å². The molecule has 0 aliphatic carbocycles. The van der Waals surface area contributed by atoms with Gasteiger partial charge in [-0.25, -0.2) is 0 Å². The minimum atomic E-state index is -0.730. The number of hydrogen-bond donors (Lipinski definition) is 1. The van der Waals surface area contributed by atoms with Crippen LogP contribution in [0.3, 0.4) is 0 Å². The molecule has 1 heterocycles. The van der Waals surface area contributed by atoms with Crippen molar-refractivity contribution in [3.63, 3.8) is 0 Å². The minimum Gasteiger partial charge on any atom is -0.399 e. The molecule has 17 heavy (non-hydrogen) atoms. The molecule has 1 N–H and O–H groups in total. The molecule has 94 valence electrons. The molecule has 0 saturated heterocycles. The third kappa shape index (κ3) is 4.18. The van der Waals surface area contributed by atoms with Crippen molar-refractivity contribution in [2.45, 2.75) is 6.04 Å². The zero-order valence-corrected chi connectivity index (χ0v) is 11.1. The molecular formula is C8H9Cl2N3O3S. The number of oxime groups is 1. The molecule has 1 atom stereocenters. The Kier molecular flexibility index (Phi) is 5.73. The van der Waals surface area contributed by atoms with Crippen molar-refractivity contribution in [2.75, 3.05) is 18.7 Å². The number of hydrogen-bond acceptors (Lipinski definition) is 6. The van der Waals surface area contributed by atoms with E-state index in [-0.39, 0.29) is 17.5 Å². The summed E-state index contributed by atoms with van der Waals surface area (Å²) in [6.07, 6.45) is 0. The summed E-state index contributed by atoms with van der Waals surface area (Å²) in [6, 6.07) is -0.518. The van der Waals surface area contributed by atoms with Gasteiger partial charge in [0.05, 0.1) is 0 Å². The average Bonchev–Trinajstić information content (AvgIpc) is 2.73. The van der Waals surface area contributed by atoms with Crippen molar-refractivity contribution < 1.29 is 14.4 Å². The largest absolute Gasteiger partial charge is 0.399 e. The summed E-state index contributed by atoms with van der Waals surface area (Å²) in [7, 11) is 1.31. The molecule has 0 saturated carbocycles. The number of rotatable bonds is 4. The van der Waals surface area contributed by atoms with Gasteiger partial charge in [-0.15, -0.1) is 11.6 Å². The number of carbonyl (C=O) groups excluding carboxylic acids is 2. The highest BCUT2D eigenvalue weighted by molar-refractivity contribution is 8.14. The van der Waals surface area contributed by atoms with Gasteiger partial charge in [0.15, 0.2) is 10.9 Å². The third-order valence-corrected chi connectivity index (χ3v) is 3.13. The lowest BCUT2D eigenvalue weighted by atomic mass is 10.2. The van der Waals surface area contributed by atoms with Crippen LogP contribution in [0.1, 0.15) is 0 Å². The maximum Gasteiger partial charge on any atom is 0.272 e. The van der Waals surface area contributed by atoms with E-state index in [2.05, 4.69) is 20.3 Å². The second kappa shape index (κ2) is 6.83. The van der Waals surface area contributed by atoms with Crippen LogP contribution in [0.15, 0.2) is 10.1 Å². The van der Waals surface area contributed by atoms with E-state index < -0.39 is 11.3 Å². The molecule has 0 aromatic carbocycles. The molecule has 0 fully saturated rings. The Balaban J connectivity index is 2.72. The van der Waals surface area contributed by atoms with Crippen LogP contribution in [0.5, 0.6) is 0 Å².